The molecule has 2 rings (SSSR count). The van der Waals surface area contributed by atoms with Crippen molar-refractivity contribution in [2.24, 2.45) is 5.73 Å². The standard InChI is InChI=1S/C16H25NO3/c1-3-19-14-8-6-5-7-13(14)15(17)16(20-4-2)9-11-18-12-10-16/h5-8,15H,3-4,9-12,17H2,1-2H3. The Morgan fingerprint density at radius 3 is 2.55 bits per heavy atom. The summed E-state index contributed by atoms with van der Waals surface area (Å²) in [5.41, 5.74) is 7.23. The highest BCUT2D eigenvalue weighted by atomic mass is 16.5. The van der Waals surface area contributed by atoms with Gasteiger partial charge in [0.1, 0.15) is 5.75 Å². The first-order chi connectivity index (χ1) is 9.73. The summed E-state index contributed by atoms with van der Waals surface area (Å²) in [6.07, 6.45) is 1.64. The average Bonchev–Trinajstić information content (AvgIpc) is 2.49. The van der Waals surface area contributed by atoms with E-state index in [2.05, 4.69) is 0 Å². The maximum Gasteiger partial charge on any atom is 0.124 e. The highest BCUT2D eigenvalue weighted by Gasteiger charge is 2.41. The Balaban J connectivity index is 2.29. The van der Waals surface area contributed by atoms with Gasteiger partial charge >= 0.3 is 0 Å². The van der Waals surface area contributed by atoms with Crippen LogP contribution in [-0.4, -0.2) is 32.0 Å². The number of ether oxygens (including phenoxy) is 3. The molecule has 0 spiro atoms. The monoisotopic (exact) mass is 279 g/mol. The summed E-state index contributed by atoms with van der Waals surface area (Å²) in [6, 6.07) is 7.77. The van der Waals surface area contributed by atoms with E-state index in [4.69, 9.17) is 19.9 Å². The average molecular weight is 279 g/mol. The van der Waals surface area contributed by atoms with Gasteiger partial charge in [0, 0.05) is 38.2 Å². The van der Waals surface area contributed by atoms with E-state index in [1.165, 1.54) is 0 Å². The number of benzene rings is 1. The molecule has 1 fully saturated rings. The van der Waals surface area contributed by atoms with Gasteiger partial charge in [-0.1, -0.05) is 18.2 Å². The molecular weight excluding hydrogens is 254 g/mol. The highest BCUT2D eigenvalue weighted by molar-refractivity contribution is 5.37. The minimum Gasteiger partial charge on any atom is -0.494 e. The minimum atomic E-state index is -0.347. The lowest BCUT2D eigenvalue weighted by Crippen LogP contribution is -2.48. The molecule has 1 aliphatic heterocycles. The van der Waals surface area contributed by atoms with Gasteiger partial charge in [-0.25, -0.2) is 0 Å². The van der Waals surface area contributed by atoms with Crippen molar-refractivity contribution in [3.05, 3.63) is 29.8 Å². The lowest BCUT2D eigenvalue weighted by atomic mass is 9.82. The van der Waals surface area contributed by atoms with E-state index in [-0.39, 0.29) is 11.6 Å². The van der Waals surface area contributed by atoms with Crippen LogP contribution in [0.5, 0.6) is 5.75 Å². The van der Waals surface area contributed by atoms with Crippen LogP contribution in [0.3, 0.4) is 0 Å². The first-order valence-electron chi connectivity index (χ1n) is 7.42. The second-order valence-electron chi connectivity index (χ2n) is 5.06. The SMILES string of the molecule is CCOc1ccccc1C(N)C1(OCC)CCOCC1. The smallest absolute Gasteiger partial charge is 0.124 e. The van der Waals surface area contributed by atoms with Gasteiger partial charge in [0.25, 0.3) is 0 Å². The zero-order valence-electron chi connectivity index (χ0n) is 12.4. The topological polar surface area (TPSA) is 53.7 Å². The number of rotatable bonds is 6. The van der Waals surface area contributed by atoms with E-state index < -0.39 is 0 Å². The van der Waals surface area contributed by atoms with Gasteiger partial charge < -0.3 is 19.9 Å². The predicted octanol–water partition coefficient (Wildman–Crippen LogP) is 2.67. The van der Waals surface area contributed by atoms with E-state index in [9.17, 15) is 0 Å². The summed E-state index contributed by atoms with van der Waals surface area (Å²) < 4.78 is 17.2. The summed E-state index contributed by atoms with van der Waals surface area (Å²) in [5, 5.41) is 0. The maximum atomic E-state index is 6.56. The van der Waals surface area contributed by atoms with Crippen LogP contribution in [-0.2, 0) is 9.47 Å². The third-order valence-electron chi connectivity index (χ3n) is 3.89. The van der Waals surface area contributed by atoms with Gasteiger partial charge in [0.15, 0.2) is 0 Å². The lowest BCUT2D eigenvalue weighted by molar-refractivity contribution is -0.122. The molecule has 2 N–H and O–H groups in total. The molecule has 1 aliphatic rings. The Bertz CT molecular complexity index is 410. The van der Waals surface area contributed by atoms with Gasteiger partial charge in [-0.2, -0.15) is 0 Å². The molecule has 0 aliphatic carbocycles. The van der Waals surface area contributed by atoms with Crippen LogP contribution in [0, 0.1) is 0 Å². The molecule has 1 heterocycles. The number of nitrogens with two attached hydrogens (primary N) is 1. The molecular formula is C16H25NO3. The number of para-hydroxylation sites is 1. The van der Waals surface area contributed by atoms with Crippen molar-refractivity contribution < 1.29 is 14.2 Å². The first kappa shape index (κ1) is 15.3. The van der Waals surface area contributed by atoms with Crippen molar-refractivity contribution in [1.82, 2.24) is 0 Å². The fraction of sp³-hybridized carbons (Fsp3) is 0.625. The third kappa shape index (κ3) is 3.14. The van der Waals surface area contributed by atoms with Crippen molar-refractivity contribution in [2.75, 3.05) is 26.4 Å². The van der Waals surface area contributed by atoms with Crippen LogP contribution in [0.25, 0.3) is 0 Å². The molecule has 0 saturated carbocycles. The van der Waals surface area contributed by atoms with Crippen LogP contribution >= 0.6 is 0 Å². The summed E-state index contributed by atoms with van der Waals surface area (Å²) in [4.78, 5) is 0. The number of hydrogen-bond acceptors (Lipinski definition) is 4. The highest BCUT2D eigenvalue weighted by Crippen LogP contribution is 2.39. The van der Waals surface area contributed by atoms with Crippen LogP contribution in [0.4, 0.5) is 0 Å². The van der Waals surface area contributed by atoms with Crippen LogP contribution in [0.1, 0.15) is 38.3 Å². The Morgan fingerprint density at radius 2 is 1.90 bits per heavy atom. The largest absolute Gasteiger partial charge is 0.494 e. The van der Waals surface area contributed by atoms with E-state index >= 15 is 0 Å². The van der Waals surface area contributed by atoms with Crippen LogP contribution in [0.15, 0.2) is 24.3 Å². The molecule has 1 aromatic rings. The van der Waals surface area contributed by atoms with E-state index in [1.54, 1.807) is 0 Å². The van der Waals surface area contributed by atoms with E-state index in [0.717, 1.165) is 24.2 Å². The fourth-order valence-corrected chi connectivity index (χ4v) is 2.86. The van der Waals surface area contributed by atoms with Gasteiger partial charge in [0.2, 0.25) is 0 Å². The number of hydrogen-bond donors (Lipinski definition) is 1. The van der Waals surface area contributed by atoms with Crippen molar-refractivity contribution in [3.63, 3.8) is 0 Å². The zero-order chi connectivity index (χ0) is 14.4. The summed E-state index contributed by atoms with van der Waals surface area (Å²) in [6.45, 7) is 6.68. The van der Waals surface area contributed by atoms with Gasteiger partial charge in [-0.15, -0.1) is 0 Å². The fourth-order valence-electron chi connectivity index (χ4n) is 2.86. The van der Waals surface area contributed by atoms with Crippen molar-refractivity contribution in [3.8, 4) is 5.75 Å². The molecule has 4 nitrogen and oxygen atoms in total. The molecule has 1 atom stereocenters. The Labute approximate surface area is 121 Å². The van der Waals surface area contributed by atoms with Crippen LogP contribution < -0.4 is 10.5 Å². The molecule has 1 unspecified atom stereocenters. The summed E-state index contributed by atoms with van der Waals surface area (Å²) >= 11 is 0. The second-order valence-corrected chi connectivity index (χ2v) is 5.06. The van der Waals surface area contributed by atoms with Crippen LogP contribution in [0.2, 0.25) is 0 Å². The Hall–Kier alpha value is -1.10. The molecule has 1 saturated heterocycles. The minimum absolute atomic E-state index is 0.200. The van der Waals surface area contributed by atoms with Crippen molar-refractivity contribution in [2.45, 2.75) is 38.3 Å². The van der Waals surface area contributed by atoms with Gasteiger partial charge in [0.05, 0.1) is 18.2 Å². The molecule has 0 aromatic heterocycles. The lowest BCUT2D eigenvalue weighted by Gasteiger charge is -2.41. The predicted molar refractivity (Wildman–Crippen MR) is 78.9 cm³/mol. The Kier molecular flexibility index (Phi) is 5.40. The van der Waals surface area contributed by atoms with E-state index in [1.807, 2.05) is 38.1 Å². The van der Waals surface area contributed by atoms with E-state index in [0.29, 0.717) is 26.4 Å². The summed E-state index contributed by atoms with van der Waals surface area (Å²) in [5.74, 6) is 0.855. The van der Waals surface area contributed by atoms with Gasteiger partial charge in [-0.05, 0) is 19.9 Å². The maximum absolute atomic E-state index is 6.56. The van der Waals surface area contributed by atoms with Gasteiger partial charge in [-0.3, -0.25) is 0 Å². The summed E-state index contributed by atoms with van der Waals surface area (Å²) in [7, 11) is 0. The molecule has 112 valence electrons. The molecule has 0 bridgehead atoms. The molecule has 4 heteroatoms. The third-order valence-corrected chi connectivity index (χ3v) is 3.89. The second kappa shape index (κ2) is 7.07. The van der Waals surface area contributed by atoms with Crippen molar-refractivity contribution >= 4 is 0 Å². The van der Waals surface area contributed by atoms with Crippen molar-refractivity contribution in [1.29, 1.82) is 0 Å². The zero-order valence-corrected chi connectivity index (χ0v) is 12.4. The molecule has 1 aromatic carbocycles. The quantitative estimate of drug-likeness (QED) is 0.870. The normalized spacial score (nSPS) is 19.6. The first-order valence-corrected chi connectivity index (χ1v) is 7.42. The molecule has 20 heavy (non-hydrogen) atoms. The Morgan fingerprint density at radius 1 is 1.20 bits per heavy atom. The molecule has 0 radical (unpaired) electrons. The molecule has 0 amide bonds.